The van der Waals surface area contributed by atoms with Crippen LogP contribution in [0.3, 0.4) is 0 Å². The molecule has 3 rings (SSSR count). The van der Waals surface area contributed by atoms with Crippen LogP contribution in [0.25, 0.3) is 0 Å². The minimum absolute atomic E-state index is 0.0391. The molecular formula is C19H22O3. The minimum atomic E-state index is -0.0391. The lowest BCUT2D eigenvalue weighted by atomic mass is 10.2. The highest BCUT2D eigenvalue weighted by Gasteiger charge is 2.13. The van der Waals surface area contributed by atoms with Gasteiger partial charge in [0.1, 0.15) is 12.4 Å². The van der Waals surface area contributed by atoms with Crippen LogP contribution in [-0.4, -0.2) is 12.9 Å². The third-order valence-electron chi connectivity index (χ3n) is 3.75. The molecule has 0 spiro atoms. The van der Waals surface area contributed by atoms with Gasteiger partial charge in [-0.15, -0.1) is 0 Å². The molecule has 1 unspecified atom stereocenters. The lowest BCUT2D eigenvalue weighted by Crippen LogP contribution is -2.21. The van der Waals surface area contributed by atoms with E-state index in [0.29, 0.717) is 13.2 Å². The van der Waals surface area contributed by atoms with Crippen molar-refractivity contribution in [3.05, 3.63) is 65.7 Å². The Balaban J connectivity index is 1.45. The molecule has 22 heavy (non-hydrogen) atoms. The second kappa shape index (κ2) is 7.97. The summed E-state index contributed by atoms with van der Waals surface area (Å²) in [5.41, 5.74) is 2.31. The molecule has 1 atom stereocenters. The summed E-state index contributed by atoms with van der Waals surface area (Å²) in [6.45, 7) is 1.99. The monoisotopic (exact) mass is 298 g/mol. The maximum atomic E-state index is 5.78. The summed E-state index contributed by atoms with van der Waals surface area (Å²) in [7, 11) is 0. The average molecular weight is 298 g/mol. The molecule has 0 aromatic heterocycles. The molecule has 2 aromatic carbocycles. The van der Waals surface area contributed by atoms with Gasteiger partial charge in [0.15, 0.2) is 6.29 Å². The standard InChI is InChI=1S/C19H22O3/c1-2-6-16(7-3-1)14-21-18-11-9-17(10-12-18)15-22-19-8-4-5-13-20-19/h1-3,6-7,9-12,19H,4-5,8,13-15H2. The maximum Gasteiger partial charge on any atom is 0.158 e. The van der Waals surface area contributed by atoms with Gasteiger partial charge in [-0.25, -0.2) is 0 Å². The number of ether oxygens (including phenoxy) is 3. The molecule has 0 aliphatic carbocycles. The molecule has 3 nitrogen and oxygen atoms in total. The molecule has 3 heteroatoms. The van der Waals surface area contributed by atoms with Crippen LogP contribution in [0, 0.1) is 0 Å². The lowest BCUT2D eigenvalue weighted by molar-refractivity contribution is -0.168. The van der Waals surface area contributed by atoms with E-state index in [2.05, 4.69) is 12.1 Å². The zero-order chi connectivity index (χ0) is 15.0. The van der Waals surface area contributed by atoms with E-state index in [1.807, 2.05) is 42.5 Å². The SMILES string of the molecule is c1ccc(COc2ccc(COC3CCCCO3)cc2)cc1. The number of hydrogen-bond acceptors (Lipinski definition) is 3. The largest absolute Gasteiger partial charge is 0.489 e. The molecule has 1 aliphatic rings. The van der Waals surface area contributed by atoms with Crippen LogP contribution in [0.4, 0.5) is 0 Å². The van der Waals surface area contributed by atoms with Crippen LogP contribution in [0.15, 0.2) is 54.6 Å². The predicted molar refractivity (Wildman–Crippen MR) is 85.6 cm³/mol. The molecule has 1 heterocycles. The quantitative estimate of drug-likeness (QED) is 0.795. The molecule has 116 valence electrons. The first-order valence-electron chi connectivity index (χ1n) is 7.89. The summed E-state index contributed by atoms with van der Waals surface area (Å²) >= 11 is 0. The fourth-order valence-electron chi connectivity index (χ4n) is 2.45. The molecule has 1 saturated heterocycles. The van der Waals surface area contributed by atoms with E-state index in [4.69, 9.17) is 14.2 Å². The van der Waals surface area contributed by atoms with Crippen molar-refractivity contribution in [3.63, 3.8) is 0 Å². The van der Waals surface area contributed by atoms with Crippen molar-refractivity contribution in [1.82, 2.24) is 0 Å². The van der Waals surface area contributed by atoms with E-state index >= 15 is 0 Å². The highest BCUT2D eigenvalue weighted by molar-refractivity contribution is 5.27. The first-order valence-corrected chi connectivity index (χ1v) is 7.89. The van der Waals surface area contributed by atoms with Gasteiger partial charge in [0.25, 0.3) is 0 Å². The van der Waals surface area contributed by atoms with Crippen molar-refractivity contribution in [2.45, 2.75) is 38.8 Å². The van der Waals surface area contributed by atoms with Gasteiger partial charge in [-0.3, -0.25) is 0 Å². The topological polar surface area (TPSA) is 27.7 Å². The van der Waals surface area contributed by atoms with Gasteiger partial charge in [-0.05, 0) is 42.5 Å². The third kappa shape index (κ3) is 4.58. The van der Waals surface area contributed by atoms with E-state index in [-0.39, 0.29) is 6.29 Å². The smallest absolute Gasteiger partial charge is 0.158 e. The van der Waals surface area contributed by atoms with Crippen LogP contribution in [0.5, 0.6) is 5.75 Å². The molecule has 0 radical (unpaired) electrons. The summed E-state index contributed by atoms with van der Waals surface area (Å²) in [4.78, 5) is 0. The molecule has 2 aromatic rings. The lowest BCUT2D eigenvalue weighted by Gasteiger charge is -2.22. The Morgan fingerprint density at radius 2 is 1.64 bits per heavy atom. The first-order chi connectivity index (χ1) is 10.9. The predicted octanol–water partition coefficient (Wildman–Crippen LogP) is 4.31. The van der Waals surface area contributed by atoms with Crippen molar-refractivity contribution in [3.8, 4) is 5.75 Å². The summed E-state index contributed by atoms with van der Waals surface area (Å²) in [5.74, 6) is 0.876. The molecule has 0 amide bonds. The van der Waals surface area contributed by atoms with Crippen LogP contribution in [0.2, 0.25) is 0 Å². The molecular weight excluding hydrogens is 276 g/mol. The van der Waals surface area contributed by atoms with E-state index in [1.54, 1.807) is 0 Å². The second-order valence-corrected chi connectivity index (χ2v) is 5.53. The zero-order valence-corrected chi connectivity index (χ0v) is 12.7. The number of benzene rings is 2. The summed E-state index contributed by atoms with van der Waals surface area (Å²) in [6, 6.07) is 18.2. The summed E-state index contributed by atoms with van der Waals surface area (Å²) in [6.07, 6.45) is 3.30. The van der Waals surface area contributed by atoms with Gasteiger partial charge < -0.3 is 14.2 Å². The average Bonchev–Trinajstić information content (AvgIpc) is 2.61. The Labute approximate surface area is 131 Å². The summed E-state index contributed by atoms with van der Waals surface area (Å²) < 4.78 is 17.1. The van der Waals surface area contributed by atoms with E-state index < -0.39 is 0 Å². The second-order valence-electron chi connectivity index (χ2n) is 5.53. The van der Waals surface area contributed by atoms with Gasteiger partial charge in [-0.1, -0.05) is 42.5 Å². The van der Waals surface area contributed by atoms with Crippen molar-refractivity contribution < 1.29 is 14.2 Å². The van der Waals surface area contributed by atoms with Gasteiger partial charge in [-0.2, -0.15) is 0 Å². The van der Waals surface area contributed by atoms with Crippen LogP contribution < -0.4 is 4.74 Å². The maximum absolute atomic E-state index is 5.78. The fourth-order valence-corrected chi connectivity index (χ4v) is 2.45. The van der Waals surface area contributed by atoms with Crippen molar-refractivity contribution >= 4 is 0 Å². The highest BCUT2D eigenvalue weighted by atomic mass is 16.7. The van der Waals surface area contributed by atoms with Gasteiger partial charge in [0.2, 0.25) is 0 Å². The number of hydrogen-bond donors (Lipinski definition) is 0. The summed E-state index contributed by atoms with van der Waals surface area (Å²) in [5, 5.41) is 0. The van der Waals surface area contributed by atoms with Gasteiger partial charge in [0, 0.05) is 6.61 Å². The highest BCUT2D eigenvalue weighted by Crippen LogP contribution is 2.18. The number of rotatable bonds is 6. The van der Waals surface area contributed by atoms with Gasteiger partial charge in [0.05, 0.1) is 6.61 Å². The van der Waals surface area contributed by atoms with Crippen LogP contribution >= 0.6 is 0 Å². The molecule has 0 saturated carbocycles. The van der Waals surface area contributed by atoms with Crippen molar-refractivity contribution in [1.29, 1.82) is 0 Å². The molecule has 0 bridgehead atoms. The molecule has 1 fully saturated rings. The molecule has 1 aliphatic heterocycles. The Morgan fingerprint density at radius 3 is 2.36 bits per heavy atom. The van der Waals surface area contributed by atoms with E-state index in [1.165, 1.54) is 12.0 Å². The van der Waals surface area contributed by atoms with Crippen LogP contribution in [0.1, 0.15) is 30.4 Å². The van der Waals surface area contributed by atoms with Gasteiger partial charge >= 0.3 is 0 Å². The first kappa shape index (κ1) is 15.1. The van der Waals surface area contributed by atoms with Crippen molar-refractivity contribution in [2.75, 3.05) is 6.61 Å². The zero-order valence-electron chi connectivity index (χ0n) is 12.7. The van der Waals surface area contributed by atoms with E-state index in [0.717, 1.165) is 30.8 Å². The Bertz CT molecular complexity index is 545. The van der Waals surface area contributed by atoms with Crippen molar-refractivity contribution in [2.24, 2.45) is 0 Å². The van der Waals surface area contributed by atoms with Crippen LogP contribution in [-0.2, 0) is 22.7 Å². The minimum Gasteiger partial charge on any atom is -0.489 e. The molecule has 0 N–H and O–H groups in total. The fraction of sp³-hybridized carbons (Fsp3) is 0.368. The Kier molecular flexibility index (Phi) is 5.46. The van der Waals surface area contributed by atoms with E-state index in [9.17, 15) is 0 Å². The third-order valence-corrected chi connectivity index (χ3v) is 3.75. The Hall–Kier alpha value is -1.84. The normalized spacial score (nSPS) is 18.1. The Morgan fingerprint density at radius 1 is 0.864 bits per heavy atom.